The molecule has 0 aliphatic carbocycles. The van der Waals surface area contributed by atoms with Crippen molar-refractivity contribution in [3.05, 3.63) is 14.7 Å². The third kappa shape index (κ3) is 5.06. The molecule has 1 aromatic rings. The summed E-state index contributed by atoms with van der Waals surface area (Å²) >= 11 is 4.04. The Balaban J connectivity index is 2.86. The number of esters is 1. The fourth-order valence-corrected chi connectivity index (χ4v) is 5.08. The van der Waals surface area contributed by atoms with Crippen LogP contribution in [-0.4, -0.2) is 39.1 Å². The highest BCUT2D eigenvalue weighted by Crippen LogP contribution is 2.32. The number of sulfonamides is 1. The van der Waals surface area contributed by atoms with Crippen molar-refractivity contribution < 1.29 is 27.9 Å². The van der Waals surface area contributed by atoms with Crippen molar-refractivity contribution in [3.8, 4) is 0 Å². The minimum atomic E-state index is -3.83. The number of carboxylic acids is 1. The summed E-state index contributed by atoms with van der Waals surface area (Å²) in [6.45, 7) is 1.61. The molecule has 0 aliphatic heterocycles. The Bertz CT molecular complexity index is 639. The third-order valence-corrected chi connectivity index (χ3v) is 6.13. The number of aliphatic carboxylic acids is 1. The summed E-state index contributed by atoms with van der Waals surface area (Å²) in [5, 5.41) is 8.63. The van der Waals surface area contributed by atoms with Crippen LogP contribution in [0, 0.1) is 5.92 Å². The van der Waals surface area contributed by atoms with Gasteiger partial charge in [-0.05, 0) is 27.9 Å². The van der Waals surface area contributed by atoms with E-state index < -0.39 is 22.0 Å². The average molecular weight is 400 g/mol. The van der Waals surface area contributed by atoms with E-state index in [9.17, 15) is 18.0 Å². The average Bonchev–Trinajstić information content (AvgIpc) is 2.78. The number of hydrogen-bond donors (Lipinski definition) is 2. The van der Waals surface area contributed by atoms with Crippen molar-refractivity contribution in [2.45, 2.75) is 18.2 Å². The number of thiophene rings is 1. The smallest absolute Gasteiger partial charge is 0.348 e. The van der Waals surface area contributed by atoms with Crippen LogP contribution in [0.5, 0.6) is 0 Å². The fraction of sp³-hybridized carbons (Fsp3) is 0.455. The van der Waals surface area contributed by atoms with Gasteiger partial charge in [0.15, 0.2) is 0 Å². The minimum Gasteiger partial charge on any atom is -0.481 e. The van der Waals surface area contributed by atoms with Crippen molar-refractivity contribution in [2.75, 3.05) is 13.7 Å². The number of methoxy groups -OCH3 is 1. The maximum atomic E-state index is 12.1. The monoisotopic (exact) mass is 399 g/mol. The molecule has 10 heteroatoms. The zero-order valence-electron chi connectivity index (χ0n) is 11.3. The van der Waals surface area contributed by atoms with Crippen LogP contribution < -0.4 is 4.72 Å². The van der Waals surface area contributed by atoms with Gasteiger partial charge in [0.1, 0.15) is 9.77 Å². The van der Waals surface area contributed by atoms with Crippen molar-refractivity contribution >= 4 is 49.2 Å². The van der Waals surface area contributed by atoms with Crippen LogP contribution in [0.25, 0.3) is 0 Å². The molecule has 0 saturated carbocycles. The highest BCUT2D eigenvalue weighted by atomic mass is 79.9. The van der Waals surface area contributed by atoms with E-state index in [1.165, 1.54) is 13.2 Å². The van der Waals surface area contributed by atoms with Gasteiger partial charge < -0.3 is 9.84 Å². The highest BCUT2D eigenvalue weighted by Gasteiger charge is 2.24. The second-order valence-corrected chi connectivity index (χ2v) is 8.40. The van der Waals surface area contributed by atoms with E-state index in [1.54, 1.807) is 6.92 Å². The van der Waals surface area contributed by atoms with Crippen LogP contribution >= 0.6 is 27.3 Å². The van der Waals surface area contributed by atoms with Crippen molar-refractivity contribution in [2.24, 2.45) is 5.92 Å². The van der Waals surface area contributed by atoms with E-state index in [0.717, 1.165) is 11.3 Å². The number of hydrogen-bond acceptors (Lipinski definition) is 6. The van der Waals surface area contributed by atoms with Gasteiger partial charge in [-0.3, -0.25) is 4.79 Å². The Morgan fingerprint density at radius 3 is 2.67 bits per heavy atom. The van der Waals surface area contributed by atoms with Crippen molar-refractivity contribution in [1.29, 1.82) is 0 Å². The summed E-state index contributed by atoms with van der Waals surface area (Å²) in [4.78, 5) is 22.0. The van der Waals surface area contributed by atoms with Crippen LogP contribution in [-0.2, 0) is 19.6 Å². The number of carboxylic acid groups (broad SMARTS) is 1. The largest absolute Gasteiger partial charge is 0.481 e. The zero-order valence-corrected chi connectivity index (χ0v) is 14.5. The number of ether oxygens (including phenoxy) is 1. The predicted octanol–water partition coefficient (Wildman–Crippen LogP) is 1.69. The van der Waals surface area contributed by atoms with E-state index in [4.69, 9.17) is 5.11 Å². The molecule has 0 amide bonds. The summed E-state index contributed by atoms with van der Waals surface area (Å²) in [5.74, 6) is -1.97. The summed E-state index contributed by atoms with van der Waals surface area (Å²) in [5.41, 5.74) is 0. The molecule has 21 heavy (non-hydrogen) atoms. The standard InChI is InChI=1S/C11H14BrNO6S2/c1-6(3-9(14)15)5-13-21(17,18)8-4-7(11(16)19-2)20-10(8)12/h4,6,13H,3,5H2,1-2H3,(H,14,15). The molecule has 0 saturated heterocycles. The zero-order chi connectivity index (χ0) is 16.2. The minimum absolute atomic E-state index is 0.00945. The topological polar surface area (TPSA) is 110 Å². The van der Waals surface area contributed by atoms with E-state index in [0.29, 0.717) is 0 Å². The normalized spacial score (nSPS) is 12.9. The number of halogens is 1. The molecule has 1 unspecified atom stereocenters. The van der Waals surface area contributed by atoms with Gasteiger partial charge in [-0.1, -0.05) is 6.92 Å². The molecule has 7 nitrogen and oxygen atoms in total. The van der Waals surface area contributed by atoms with Gasteiger partial charge in [0.25, 0.3) is 0 Å². The van der Waals surface area contributed by atoms with Gasteiger partial charge in [0, 0.05) is 13.0 Å². The lowest BCUT2D eigenvalue weighted by atomic mass is 10.1. The van der Waals surface area contributed by atoms with Gasteiger partial charge in [0.05, 0.1) is 10.9 Å². The molecule has 2 N–H and O–H groups in total. The SMILES string of the molecule is COC(=O)c1cc(S(=O)(=O)NCC(C)CC(=O)O)c(Br)s1. The molecule has 1 heterocycles. The lowest BCUT2D eigenvalue weighted by Crippen LogP contribution is -2.29. The summed E-state index contributed by atoms with van der Waals surface area (Å²) in [7, 11) is -2.63. The van der Waals surface area contributed by atoms with Gasteiger partial charge in [-0.2, -0.15) is 0 Å². The molecule has 0 aromatic carbocycles. The molecule has 1 atom stereocenters. The first kappa shape index (κ1) is 18.1. The number of rotatable bonds is 7. The second kappa shape index (κ2) is 7.34. The van der Waals surface area contributed by atoms with Crippen molar-refractivity contribution in [3.63, 3.8) is 0 Å². The third-order valence-electron chi connectivity index (χ3n) is 2.48. The Kier molecular flexibility index (Phi) is 6.32. The number of carbonyl (C=O) groups excluding carboxylic acids is 1. The molecule has 0 bridgehead atoms. The van der Waals surface area contributed by atoms with Crippen LogP contribution in [0.1, 0.15) is 23.0 Å². The summed E-state index contributed by atoms with van der Waals surface area (Å²) in [6, 6.07) is 1.21. The van der Waals surface area contributed by atoms with E-state index in [-0.39, 0.29) is 32.4 Å². The van der Waals surface area contributed by atoms with Gasteiger partial charge in [0.2, 0.25) is 10.0 Å². The fourth-order valence-electron chi connectivity index (χ4n) is 1.44. The molecule has 0 radical (unpaired) electrons. The Morgan fingerprint density at radius 1 is 1.52 bits per heavy atom. The van der Waals surface area contributed by atoms with Gasteiger partial charge >= 0.3 is 11.9 Å². The van der Waals surface area contributed by atoms with E-state index >= 15 is 0 Å². The van der Waals surface area contributed by atoms with E-state index in [1.807, 2.05) is 0 Å². The first-order chi connectivity index (χ1) is 9.67. The summed E-state index contributed by atoms with van der Waals surface area (Å²) < 4.78 is 31.4. The van der Waals surface area contributed by atoms with Gasteiger partial charge in [-0.15, -0.1) is 11.3 Å². The molecule has 1 aromatic heterocycles. The maximum absolute atomic E-state index is 12.1. The quantitative estimate of drug-likeness (QED) is 0.674. The Morgan fingerprint density at radius 2 is 2.14 bits per heavy atom. The number of nitrogens with one attached hydrogen (secondary N) is 1. The first-order valence-electron chi connectivity index (χ1n) is 5.76. The van der Waals surface area contributed by atoms with Crippen LogP contribution in [0.2, 0.25) is 0 Å². The van der Waals surface area contributed by atoms with E-state index in [2.05, 4.69) is 25.4 Å². The molecule has 0 fully saturated rings. The lowest BCUT2D eigenvalue weighted by molar-refractivity contribution is -0.137. The maximum Gasteiger partial charge on any atom is 0.348 e. The van der Waals surface area contributed by atoms with Crippen LogP contribution in [0.15, 0.2) is 14.7 Å². The molecule has 0 aliphatic rings. The molecular formula is C11H14BrNO6S2. The molecule has 1 rings (SSSR count). The lowest BCUT2D eigenvalue weighted by Gasteiger charge is -2.10. The first-order valence-corrected chi connectivity index (χ1v) is 8.85. The Labute approximate surface area is 134 Å². The van der Waals surface area contributed by atoms with Crippen molar-refractivity contribution in [1.82, 2.24) is 4.72 Å². The summed E-state index contributed by atoms with van der Waals surface area (Å²) in [6.07, 6.45) is -0.138. The van der Waals surface area contributed by atoms with Crippen LogP contribution in [0.3, 0.4) is 0 Å². The van der Waals surface area contributed by atoms with Crippen LogP contribution in [0.4, 0.5) is 0 Å². The molecule has 118 valence electrons. The molecule has 0 spiro atoms. The molecular weight excluding hydrogens is 386 g/mol. The second-order valence-electron chi connectivity index (χ2n) is 4.30. The Hall–Kier alpha value is -0.970. The number of carbonyl (C=O) groups is 2. The van der Waals surface area contributed by atoms with Gasteiger partial charge in [-0.25, -0.2) is 17.9 Å². The highest BCUT2D eigenvalue weighted by molar-refractivity contribution is 9.11. The predicted molar refractivity (Wildman–Crippen MR) is 80.0 cm³/mol.